The molecular weight excluding hydrogens is 148 g/mol. The molecule has 0 aromatic carbocycles. The molecule has 0 unspecified atom stereocenters. The summed E-state index contributed by atoms with van der Waals surface area (Å²) in [6.45, 7) is 9.36. The first-order valence-electron chi connectivity index (χ1n) is 4.93. The smallest absolute Gasteiger partial charge is 0.0982 e. The lowest BCUT2D eigenvalue weighted by Crippen LogP contribution is -2.25. The van der Waals surface area contributed by atoms with Gasteiger partial charge in [-0.05, 0) is 13.3 Å². The van der Waals surface area contributed by atoms with Crippen molar-refractivity contribution in [2.45, 2.75) is 40.5 Å². The largest absolute Gasteiger partial charge is 0.364 e. The van der Waals surface area contributed by atoms with Crippen LogP contribution in [0.25, 0.3) is 0 Å². The van der Waals surface area contributed by atoms with Gasteiger partial charge in [0.25, 0.3) is 0 Å². The first-order chi connectivity index (χ1) is 5.76. The fourth-order valence-corrected chi connectivity index (χ4v) is 0.879. The summed E-state index contributed by atoms with van der Waals surface area (Å²) in [5, 5.41) is 0. The van der Waals surface area contributed by atoms with Crippen LogP contribution in [0.3, 0.4) is 0 Å². The summed E-state index contributed by atoms with van der Waals surface area (Å²) in [4.78, 5) is 6.38. The molecule has 0 spiro atoms. The highest BCUT2D eigenvalue weighted by atomic mass is 15.1. The molecule has 2 heteroatoms. The number of aliphatic imine (C=N–C) groups is 1. The predicted molar refractivity (Wildman–Crippen MR) is 57.9 cm³/mol. The van der Waals surface area contributed by atoms with Crippen molar-refractivity contribution in [2.24, 2.45) is 4.99 Å². The van der Waals surface area contributed by atoms with Gasteiger partial charge in [-0.3, -0.25) is 4.99 Å². The Morgan fingerprint density at radius 2 is 1.75 bits per heavy atom. The summed E-state index contributed by atoms with van der Waals surface area (Å²) in [5.41, 5.74) is 0. The Balaban J connectivity index is 0. The van der Waals surface area contributed by atoms with Gasteiger partial charge in [-0.2, -0.15) is 0 Å². The first-order valence-corrected chi connectivity index (χ1v) is 4.93. The average molecular weight is 172 g/mol. The fourth-order valence-electron chi connectivity index (χ4n) is 0.879. The van der Waals surface area contributed by atoms with E-state index in [0.717, 1.165) is 13.0 Å². The van der Waals surface area contributed by atoms with Crippen LogP contribution in [0.2, 0.25) is 0 Å². The molecule has 0 saturated heterocycles. The van der Waals surface area contributed by atoms with Crippen LogP contribution >= 0.6 is 0 Å². The minimum Gasteiger partial charge on any atom is -0.364 e. The van der Waals surface area contributed by atoms with E-state index in [-0.39, 0.29) is 0 Å². The van der Waals surface area contributed by atoms with Crippen molar-refractivity contribution in [2.75, 3.05) is 20.6 Å². The van der Waals surface area contributed by atoms with Crippen LogP contribution < -0.4 is 0 Å². The van der Waals surface area contributed by atoms with Crippen molar-refractivity contribution in [1.82, 2.24) is 4.90 Å². The third kappa shape index (κ3) is 6.20. The molecule has 12 heavy (non-hydrogen) atoms. The second-order valence-corrected chi connectivity index (χ2v) is 2.40. The maximum absolute atomic E-state index is 4.19. The Morgan fingerprint density at radius 1 is 1.25 bits per heavy atom. The molecular formula is C10H24N2. The Morgan fingerprint density at radius 3 is 2.00 bits per heavy atom. The van der Waals surface area contributed by atoms with Crippen LogP contribution in [0, 0.1) is 0 Å². The molecule has 0 radical (unpaired) electrons. The Labute approximate surface area is 77.7 Å². The minimum absolute atomic E-state index is 1.05. The quantitative estimate of drug-likeness (QED) is 0.472. The van der Waals surface area contributed by atoms with Crippen molar-refractivity contribution >= 4 is 5.84 Å². The number of hydrogen-bond donors (Lipinski definition) is 0. The van der Waals surface area contributed by atoms with E-state index in [1.54, 1.807) is 0 Å². The van der Waals surface area contributed by atoms with E-state index in [1.807, 2.05) is 20.9 Å². The first kappa shape index (κ1) is 14.0. The zero-order valence-corrected chi connectivity index (χ0v) is 9.52. The topological polar surface area (TPSA) is 15.6 Å². The van der Waals surface area contributed by atoms with E-state index < -0.39 is 0 Å². The van der Waals surface area contributed by atoms with Crippen molar-refractivity contribution in [1.29, 1.82) is 0 Å². The lowest BCUT2D eigenvalue weighted by atomic mass is 10.3. The minimum atomic E-state index is 1.05. The summed E-state index contributed by atoms with van der Waals surface area (Å²) >= 11 is 0. The normalized spacial score (nSPS) is 10.3. The summed E-state index contributed by atoms with van der Waals surface area (Å²) in [6.07, 6.45) is 2.28. The molecule has 0 N–H and O–H groups in total. The van der Waals surface area contributed by atoms with Crippen molar-refractivity contribution in [3.05, 3.63) is 0 Å². The maximum Gasteiger partial charge on any atom is 0.0982 e. The molecule has 0 aromatic heterocycles. The van der Waals surface area contributed by atoms with E-state index in [4.69, 9.17) is 0 Å². The number of amidine groups is 1. The van der Waals surface area contributed by atoms with Gasteiger partial charge in [0.2, 0.25) is 0 Å². The van der Waals surface area contributed by atoms with Crippen molar-refractivity contribution in [3.8, 4) is 0 Å². The van der Waals surface area contributed by atoms with Gasteiger partial charge in [-0.15, -0.1) is 0 Å². The Bertz CT molecular complexity index is 108. The van der Waals surface area contributed by atoms with Crippen molar-refractivity contribution < 1.29 is 0 Å². The van der Waals surface area contributed by atoms with Crippen LogP contribution in [0.4, 0.5) is 0 Å². The number of hydrogen-bond acceptors (Lipinski definition) is 1. The highest BCUT2D eigenvalue weighted by molar-refractivity contribution is 5.81. The second kappa shape index (κ2) is 10.5. The summed E-state index contributed by atoms with van der Waals surface area (Å²) in [5.74, 6) is 1.21. The van der Waals surface area contributed by atoms with Gasteiger partial charge in [-0.25, -0.2) is 0 Å². The monoisotopic (exact) mass is 172 g/mol. The van der Waals surface area contributed by atoms with Gasteiger partial charge in [0, 0.05) is 27.1 Å². The lowest BCUT2D eigenvalue weighted by molar-refractivity contribution is 0.519. The molecule has 0 aliphatic carbocycles. The molecule has 0 aromatic rings. The molecule has 0 heterocycles. The highest BCUT2D eigenvalue weighted by Gasteiger charge is 1.99. The van der Waals surface area contributed by atoms with E-state index in [2.05, 4.69) is 30.8 Å². The van der Waals surface area contributed by atoms with Crippen LogP contribution in [0.15, 0.2) is 4.99 Å². The van der Waals surface area contributed by atoms with Crippen LogP contribution in [-0.4, -0.2) is 31.4 Å². The maximum atomic E-state index is 4.19. The molecule has 0 aliphatic rings. The van der Waals surface area contributed by atoms with E-state index in [0.29, 0.717) is 0 Å². The Hall–Kier alpha value is -0.530. The predicted octanol–water partition coefficient (Wildman–Crippen LogP) is 2.79. The molecule has 0 bridgehead atoms. The lowest BCUT2D eigenvalue weighted by Gasteiger charge is -2.17. The molecule has 0 aliphatic heterocycles. The molecule has 0 fully saturated rings. The standard InChI is InChI=1S/C8H18N2.C2H6/c1-5-7-8(9-3)10(4)6-2;1-2/h5-7H2,1-4H3;1-2H3. The van der Waals surface area contributed by atoms with Gasteiger partial charge < -0.3 is 4.90 Å². The third-order valence-electron chi connectivity index (χ3n) is 1.65. The van der Waals surface area contributed by atoms with E-state index in [9.17, 15) is 0 Å². The molecule has 0 amide bonds. The number of nitrogens with zero attached hydrogens (tertiary/aromatic N) is 2. The molecule has 74 valence electrons. The summed E-state index contributed by atoms with van der Waals surface area (Å²) < 4.78 is 0. The van der Waals surface area contributed by atoms with Crippen molar-refractivity contribution in [3.63, 3.8) is 0 Å². The fraction of sp³-hybridized carbons (Fsp3) is 0.900. The summed E-state index contributed by atoms with van der Waals surface area (Å²) in [7, 11) is 3.94. The van der Waals surface area contributed by atoms with Gasteiger partial charge in [0.05, 0.1) is 5.84 Å². The van der Waals surface area contributed by atoms with Gasteiger partial charge in [0.1, 0.15) is 0 Å². The third-order valence-corrected chi connectivity index (χ3v) is 1.65. The van der Waals surface area contributed by atoms with Gasteiger partial charge in [-0.1, -0.05) is 20.8 Å². The zero-order chi connectivity index (χ0) is 9.98. The van der Waals surface area contributed by atoms with E-state index in [1.165, 1.54) is 12.3 Å². The molecule has 0 saturated carbocycles. The number of rotatable bonds is 3. The highest BCUT2D eigenvalue weighted by Crippen LogP contribution is 1.95. The zero-order valence-electron chi connectivity index (χ0n) is 9.52. The molecule has 2 nitrogen and oxygen atoms in total. The summed E-state index contributed by atoms with van der Waals surface area (Å²) in [6, 6.07) is 0. The van der Waals surface area contributed by atoms with Crippen LogP contribution in [0.5, 0.6) is 0 Å². The van der Waals surface area contributed by atoms with Crippen LogP contribution in [-0.2, 0) is 0 Å². The Kier molecular flexibility index (Phi) is 12.2. The second-order valence-electron chi connectivity index (χ2n) is 2.40. The van der Waals surface area contributed by atoms with E-state index >= 15 is 0 Å². The van der Waals surface area contributed by atoms with Gasteiger partial charge in [0.15, 0.2) is 0 Å². The van der Waals surface area contributed by atoms with Crippen LogP contribution in [0.1, 0.15) is 40.5 Å². The SMILES string of the molecule is CC.CCCC(=NC)N(C)CC. The van der Waals surface area contributed by atoms with Gasteiger partial charge >= 0.3 is 0 Å². The average Bonchev–Trinajstić information content (AvgIpc) is 2.16. The molecule has 0 atom stereocenters. The molecule has 0 rings (SSSR count).